The first kappa shape index (κ1) is 11.4. The molecule has 0 atom stereocenters. The number of alkyl halides is 3. The lowest BCUT2D eigenvalue weighted by Gasteiger charge is -2.11. The van der Waals surface area contributed by atoms with Gasteiger partial charge in [-0.1, -0.05) is 12.1 Å². The number of nitrogens with zero attached hydrogens (tertiary/aromatic N) is 1. The van der Waals surface area contributed by atoms with Gasteiger partial charge in [0.15, 0.2) is 0 Å². The highest BCUT2D eigenvalue weighted by Crippen LogP contribution is 2.26. The Labute approximate surface area is 84.9 Å². The Morgan fingerprint density at radius 2 is 2.07 bits per heavy atom. The van der Waals surface area contributed by atoms with Crippen molar-refractivity contribution in [3.8, 4) is 11.8 Å². The van der Waals surface area contributed by atoms with Crippen molar-refractivity contribution < 1.29 is 17.9 Å². The van der Waals surface area contributed by atoms with Crippen LogP contribution in [-0.2, 0) is 6.42 Å². The summed E-state index contributed by atoms with van der Waals surface area (Å²) in [5.41, 5.74) is 1.03. The lowest BCUT2D eigenvalue weighted by atomic mass is 10.1. The molecule has 0 bridgehead atoms. The molecule has 0 saturated carbocycles. The molecule has 0 radical (unpaired) electrons. The molecule has 0 saturated heterocycles. The van der Waals surface area contributed by atoms with Crippen LogP contribution in [-0.4, -0.2) is 6.36 Å². The maximum absolute atomic E-state index is 11.9. The van der Waals surface area contributed by atoms with E-state index in [4.69, 9.17) is 5.26 Å². The molecule has 2 nitrogen and oxygen atoms in total. The average molecular weight is 215 g/mol. The van der Waals surface area contributed by atoms with Gasteiger partial charge in [-0.05, 0) is 24.1 Å². The number of aryl methyl sites for hydroxylation is 1. The molecule has 1 aromatic carbocycles. The third-order valence-electron chi connectivity index (χ3n) is 1.75. The van der Waals surface area contributed by atoms with E-state index in [-0.39, 0.29) is 12.2 Å². The highest BCUT2D eigenvalue weighted by molar-refractivity contribution is 5.37. The summed E-state index contributed by atoms with van der Waals surface area (Å²) in [6.45, 7) is 1.50. The van der Waals surface area contributed by atoms with Crippen molar-refractivity contribution in [2.45, 2.75) is 19.7 Å². The third-order valence-corrected chi connectivity index (χ3v) is 1.75. The number of benzene rings is 1. The second-order valence-corrected chi connectivity index (χ2v) is 2.98. The highest BCUT2D eigenvalue weighted by Gasteiger charge is 2.31. The van der Waals surface area contributed by atoms with Crippen LogP contribution in [0.15, 0.2) is 18.2 Å². The summed E-state index contributed by atoms with van der Waals surface area (Å²) in [5, 5.41) is 8.41. The summed E-state index contributed by atoms with van der Waals surface area (Å²) in [6, 6.07) is 6.08. The lowest BCUT2D eigenvalue weighted by Crippen LogP contribution is -2.17. The third kappa shape index (κ3) is 3.50. The Morgan fingerprint density at radius 1 is 1.40 bits per heavy atom. The van der Waals surface area contributed by atoms with Gasteiger partial charge in [0.1, 0.15) is 5.75 Å². The summed E-state index contributed by atoms with van der Waals surface area (Å²) in [5.74, 6) is -0.232. The van der Waals surface area contributed by atoms with Crippen LogP contribution in [0.5, 0.6) is 5.75 Å². The molecule has 1 aromatic rings. The molecular weight excluding hydrogens is 207 g/mol. The maximum Gasteiger partial charge on any atom is 0.573 e. The molecule has 0 heterocycles. The van der Waals surface area contributed by atoms with Crippen LogP contribution in [0.4, 0.5) is 13.2 Å². The zero-order valence-corrected chi connectivity index (χ0v) is 7.93. The van der Waals surface area contributed by atoms with Crippen LogP contribution in [0.1, 0.15) is 11.1 Å². The van der Waals surface area contributed by atoms with Gasteiger partial charge < -0.3 is 4.74 Å². The van der Waals surface area contributed by atoms with Crippen LogP contribution >= 0.6 is 0 Å². The Hall–Kier alpha value is -1.70. The minimum Gasteiger partial charge on any atom is -0.406 e. The first-order chi connectivity index (χ1) is 6.92. The molecular formula is C10H8F3NO. The Kier molecular flexibility index (Phi) is 3.20. The zero-order chi connectivity index (χ0) is 11.5. The normalized spacial score (nSPS) is 10.9. The number of hydrogen-bond donors (Lipinski definition) is 0. The summed E-state index contributed by atoms with van der Waals surface area (Å²) < 4.78 is 39.5. The van der Waals surface area contributed by atoms with Gasteiger partial charge in [0.2, 0.25) is 0 Å². The standard InChI is InChI=1S/C10H8F3NO/c1-7-6-8(4-5-14)2-3-9(7)15-10(11,12)13/h2-3,6H,4H2,1H3. The van der Waals surface area contributed by atoms with Crippen molar-refractivity contribution in [2.24, 2.45) is 0 Å². The van der Waals surface area contributed by atoms with Crippen molar-refractivity contribution in [3.05, 3.63) is 29.3 Å². The summed E-state index contributed by atoms with van der Waals surface area (Å²) >= 11 is 0. The van der Waals surface area contributed by atoms with Crippen LogP contribution in [0.3, 0.4) is 0 Å². The van der Waals surface area contributed by atoms with Gasteiger partial charge in [-0.25, -0.2) is 0 Å². The van der Waals surface area contributed by atoms with E-state index in [0.717, 1.165) is 0 Å². The number of nitriles is 1. The molecule has 15 heavy (non-hydrogen) atoms. The molecule has 0 spiro atoms. The van der Waals surface area contributed by atoms with E-state index in [0.29, 0.717) is 11.1 Å². The van der Waals surface area contributed by atoms with Gasteiger partial charge in [-0.15, -0.1) is 13.2 Å². The average Bonchev–Trinajstić information content (AvgIpc) is 2.08. The minimum atomic E-state index is -4.68. The zero-order valence-electron chi connectivity index (χ0n) is 7.93. The molecule has 1 rings (SSSR count). The van der Waals surface area contributed by atoms with Gasteiger partial charge in [-0.3, -0.25) is 0 Å². The molecule has 0 unspecified atom stereocenters. The van der Waals surface area contributed by atoms with Gasteiger partial charge in [0.25, 0.3) is 0 Å². The van der Waals surface area contributed by atoms with Crippen LogP contribution < -0.4 is 4.74 Å². The molecule has 0 aliphatic rings. The molecule has 0 N–H and O–H groups in total. The van der Waals surface area contributed by atoms with E-state index in [1.807, 2.05) is 6.07 Å². The summed E-state index contributed by atoms with van der Waals surface area (Å²) in [6.07, 6.45) is -4.51. The van der Waals surface area contributed by atoms with Crippen LogP contribution in [0.25, 0.3) is 0 Å². The molecule has 0 fully saturated rings. The molecule has 0 aliphatic carbocycles. The first-order valence-electron chi connectivity index (χ1n) is 4.14. The first-order valence-corrected chi connectivity index (χ1v) is 4.14. The van der Waals surface area contributed by atoms with Crippen molar-refractivity contribution in [3.63, 3.8) is 0 Å². The fourth-order valence-corrected chi connectivity index (χ4v) is 1.15. The Morgan fingerprint density at radius 3 is 2.53 bits per heavy atom. The van der Waals surface area contributed by atoms with Crippen LogP contribution in [0, 0.1) is 18.3 Å². The topological polar surface area (TPSA) is 33.0 Å². The quantitative estimate of drug-likeness (QED) is 0.759. The lowest BCUT2D eigenvalue weighted by molar-refractivity contribution is -0.274. The van der Waals surface area contributed by atoms with E-state index < -0.39 is 6.36 Å². The molecule has 0 amide bonds. The fourth-order valence-electron chi connectivity index (χ4n) is 1.15. The largest absolute Gasteiger partial charge is 0.573 e. The highest BCUT2D eigenvalue weighted by atomic mass is 19.4. The van der Waals surface area contributed by atoms with Crippen LogP contribution in [0.2, 0.25) is 0 Å². The molecule has 80 valence electrons. The number of rotatable bonds is 2. The number of hydrogen-bond acceptors (Lipinski definition) is 2. The van der Waals surface area contributed by atoms with E-state index in [2.05, 4.69) is 4.74 Å². The van der Waals surface area contributed by atoms with Gasteiger partial charge >= 0.3 is 6.36 Å². The van der Waals surface area contributed by atoms with Crippen molar-refractivity contribution in [1.29, 1.82) is 5.26 Å². The minimum absolute atomic E-state index is 0.174. The predicted molar refractivity (Wildman–Crippen MR) is 47.2 cm³/mol. The fraction of sp³-hybridized carbons (Fsp3) is 0.300. The van der Waals surface area contributed by atoms with E-state index in [1.54, 1.807) is 0 Å². The van der Waals surface area contributed by atoms with E-state index >= 15 is 0 Å². The van der Waals surface area contributed by atoms with Crippen molar-refractivity contribution >= 4 is 0 Å². The van der Waals surface area contributed by atoms with Crippen molar-refractivity contribution in [2.75, 3.05) is 0 Å². The van der Waals surface area contributed by atoms with Crippen molar-refractivity contribution in [1.82, 2.24) is 0 Å². The van der Waals surface area contributed by atoms with Gasteiger partial charge in [0.05, 0.1) is 12.5 Å². The number of halogens is 3. The summed E-state index contributed by atoms with van der Waals surface area (Å²) in [7, 11) is 0. The van der Waals surface area contributed by atoms with E-state index in [9.17, 15) is 13.2 Å². The van der Waals surface area contributed by atoms with Gasteiger partial charge in [0, 0.05) is 0 Å². The SMILES string of the molecule is Cc1cc(CC#N)ccc1OC(F)(F)F. The molecule has 0 aliphatic heterocycles. The molecule has 0 aromatic heterocycles. The monoisotopic (exact) mass is 215 g/mol. The van der Waals surface area contributed by atoms with Gasteiger partial charge in [-0.2, -0.15) is 5.26 Å². The second kappa shape index (κ2) is 4.22. The summed E-state index contributed by atoms with van der Waals surface area (Å²) in [4.78, 5) is 0. The maximum atomic E-state index is 11.9. The molecule has 5 heteroatoms. The Bertz CT molecular complexity index is 393. The van der Waals surface area contributed by atoms with E-state index in [1.165, 1.54) is 25.1 Å². The predicted octanol–water partition coefficient (Wildman–Crippen LogP) is 2.96. The number of ether oxygens (including phenoxy) is 1. The Balaban J connectivity index is 2.89. The smallest absolute Gasteiger partial charge is 0.406 e. The second-order valence-electron chi connectivity index (χ2n) is 2.98.